The Balaban J connectivity index is 1.22. The molecule has 2 heterocycles. The average Bonchev–Trinajstić information content (AvgIpc) is 3.41. The summed E-state index contributed by atoms with van der Waals surface area (Å²) in [6.45, 7) is 1.96. The first-order valence-electron chi connectivity index (χ1n) is 10.5. The molecule has 9 heteroatoms. The molecule has 0 saturated heterocycles. The third-order valence-corrected chi connectivity index (χ3v) is 6.66. The van der Waals surface area contributed by atoms with Crippen molar-refractivity contribution in [2.24, 2.45) is 5.41 Å². The van der Waals surface area contributed by atoms with E-state index in [1.807, 2.05) is 19.1 Å². The summed E-state index contributed by atoms with van der Waals surface area (Å²) in [6.07, 6.45) is 3.51. The predicted octanol–water partition coefficient (Wildman–Crippen LogP) is 4.67. The molecule has 8 nitrogen and oxygen atoms in total. The summed E-state index contributed by atoms with van der Waals surface area (Å²) in [6, 6.07) is 19.7. The summed E-state index contributed by atoms with van der Waals surface area (Å²) in [7, 11) is -1.46. The van der Waals surface area contributed by atoms with E-state index in [4.69, 9.17) is 4.52 Å². The van der Waals surface area contributed by atoms with Crippen LogP contribution in [0.5, 0.6) is 0 Å². The van der Waals surface area contributed by atoms with Gasteiger partial charge in [0.1, 0.15) is 16.7 Å². The molecule has 4 aromatic rings. The maximum absolute atomic E-state index is 12.7. The van der Waals surface area contributed by atoms with Gasteiger partial charge < -0.3 is 14.6 Å². The number of rotatable bonds is 7. The van der Waals surface area contributed by atoms with Crippen LogP contribution in [0.15, 0.2) is 82.3 Å². The number of anilines is 2. The summed E-state index contributed by atoms with van der Waals surface area (Å²) in [5, 5.41) is 6.93. The fourth-order valence-electron chi connectivity index (χ4n) is 3.15. The largest absolute Gasteiger partial charge is 0.332 e. The zero-order chi connectivity index (χ0) is 22.8. The molecule has 2 N–H and O–H groups in total. The summed E-state index contributed by atoms with van der Waals surface area (Å²) < 4.78 is 21.0. The van der Waals surface area contributed by atoms with Crippen molar-refractivity contribution in [2.45, 2.75) is 24.7 Å². The fraction of sp³-hybridized carbons (Fsp3) is 0.167. The molecule has 1 fully saturated rings. The van der Waals surface area contributed by atoms with E-state index in [-0.39, 0.29) is 11.3 Å². The molecular formula is C24H21N5O3S. The molecular weight excluding hydrogens is 438 g/mol. The second-order valence-electron chi connectivity index (χ2n) is 8.13. The lowest BCUT2D eigenvalue weighted by Crippen LogP contribution is -2.21. The van der Waals surface area contributed by atoms with Crippen LogP contribution >= 0.6 is 0 Å². The zero-order valence-corrected chi connectivity index (χ0v) is 18.6. The van der Waals surface area contributed by atoms with Gasteiger partial charge in [0.15, 0.2) is 0 Å². The maximum atomic E-state index is 12.7. The summed E-state index contributed by atoms with van der Waals surface area (Å²) >= 11 is 0. The molecule has 0 bridgehead atoms. The van der Waals surface area contributed by atoms with Crippen LogP contribution in [0.4, 0.5) is 11.4 Å². The number of nitrogens with zero attached hydrogens (tertiary/aromatic N) is 3. The number of benzene rings is 2. The van der Waals surface area contributed by atoms with Gasteiger partial charge in [0, 0.05) is 28.6 Å². The van der Waals surface area contributed by atoms with Gasteiger partial charge >= 0.3 is 0 Å². The molecule has 1 aliphatic rings. The molecule has 1 aliphatic carbocycles. The van der Waals surface area contributed by atoms with E-state index >= 15 is 0 Å². The number of pyridine rings is 1. The van der Waals surface area contributed by atoms with Gasteiger partial charge in [-0.3, -0.25) is 9.78 Å². The molecule has 33 heavy (non-hydrogen) atoms. The Labute approximate surface area is 193 Å². The molecule has 5 rings (SSSR count). The van der Waals surface area contributed by atoms with Gasteiger partial charge in [0.05, 0.1) is 4.90 Å². The Kier molecular flexibility index (Phi) is 5.47. The molecule has 2 aromatic heterocycles. The van der Waals surface area contributed by atoms with Gasteiger partial charge in [0.2, 0.25) is 11.7 Å². The topological polar surface area (TPSA) is 110 Å². The van der Waals surface area contributed by atoms with Crippen LogP contribution in [0.2, 0.25) is 0 Å². The number of nitrogens with one attached hydrogen (secondary N) is 2. The summed E-state index contributed by atoms with van der Waals surface area (Å²) in [4.78, 5) is 21.3. The van der Waals surface area contributed by atoms with E-state index in [1.54, 1.807) is 60.8 Å². The number of hydrogen-bond donors (Lipinski definition) is 2. The smallest absolute Gasteiger partial charge is 0.276 e. The fourth-order valence-corrected chi connectivity index (χ4v) is 4.00. The van der Waals surface area contributed by atoms with Crippen molar-refractivity contribution in [1.29, 1.82) is 0 Å². The second kappa shape index (κ2) is 8.59. The van der Waals surface area contributed by atoms with Gasteiger partial charge in [0.25, 0.3) is 5.89 Å². The number of aromatic nitrogens is 3. The monoisotopic (exact) mass is 459 g/mol. The molecule has 1 amide bonds. The minimum Gasteiger partial charge on any atom is -0.332 e. The van der Waals surface area contributed by atoms with Crippen LogP contribution < -0.4 is 10.0 Å². The lowest BCUT2D eigenvalue weighted by atomic mass is 10.1. The molecule has 1 saturated carbocycles. The van der Waals surface area contributed by atoms with Gasteiger partial charge in [-0.2, -0.15) is 4.98 Å². The highest BCUT2D eigenvalue weighted by molar-refractivity contribution is 7.86. The molecule has 1 unspecified atom stereocenters. The lowest BCUT2D eigenvalue weighted by Gasteiger charge is -2.11. The summed E-state index contributed by atoms with van der Waals surface area (Å²) in [5.41, 5.74) is 2.52. The van der Waals surface area contributed by atoms with Crippen molar-refractivity contribution < 1.29 is 13.5 Å². The SMILES string of the molecule is CC1(C(=O)Nc2ccc(NS(=O)c3ccc(-c4noc(-c5ccccn5)n4)cc3)cc2)CC1. The molecule has 0 radical (unpaired) electrons. The highest BCUT2D eigenvalue weighted by atomic mass is 32.2. The van der Waals surface area contributed by atoms with E-state index in [9.17, 15) is 9.00 Å². The standard InChI is InChI=1S/C24H21N5O3S/c1-24(13-14-24)23(30)26-17-7-9-18(10-8-17)29-33(31)19-11-5-16(6-12-19)21-27-22(32-28-21)20-4-2-3-15-25-20/h2-12,15,29H,13-14H2,1H3,(H,26,30). The van der Waals surface area contributed by atoms with Crippen LogP contribution in [0, 0.1) is 5.41 Å². The quantitative estimate of drug-likeness (QED) is 0.416. The molecule has 0 spiro atoms. The molecule has 1 atom stereocenters. The number of hydrogen-bond acceptors (Lipinski definition) is 6. The minimum atomic E-state index is -1.46. The normalized spacial score (nSPS) is 14.9. The van der Waals surface area contributed by atoms with Crippen molar-refractivity contribution in [3.63, 3.8) is 0 Å². The van der Waals surface area contributed by atoms with Gasteiger partial charge in [-0.25, -0.2) is 4.21 Å². The Hall–Kier alpha value is -3.85. The highest BCUT2D eigenvalue weighted by Gasteiger charge is 2.44. The van der Waals surface area contributed by atoms with Crippen LogP contribution in [-0.2, 0) is 15.8 Å². The van der Waals surface area contributed by atoms with Gasteiger partial charge in [-0.1, -0.05) is 18.1 Å². The van der Waals surface area contributed by atoms with Crippen molar-refractivity contribution in [3.05, 3.63) is 72.9 Å². The van der Waals surface area contributed by atoms with E-state index in [2.05, 4.69) is 25.2 Å². The Bertz CT molecular complexity index is 1300. The third kappa shape index (κ3) is 4.68. The van der Waals surface area contributed by atoms with Crippen molar-refractivity contribution in [3.8, 4) is 23.0 Å². The highest BCUT2D eigenvalue weighted by Crippen LogP contribution is 2.45. The Morgan fingerprint density at radius 2 is 1.73 bits per heavy atom. The van der Waals surface area contributed by atoms with E-state index < -0.39 is 11.0 Å². The average molecular weight is 460 g/mol. The van der Waals surface area contributed by atoms with Crippen LogP contribution in [-0.4, -0.2) is 25.2 Å². The van der Waals surface area contributed by atoms with E-state index in [0.717, 1.165) is 24.1 Å². The first kappa shape index (κ1) is 21.0. The number of carbonyl (C=O) groups excluding carboxylic acids is 1. The van der Waals surface area contributed by atoms with Crippen LogP contribution in [0.3, 0.4) is 0 Å². The zero-order valence-electron chi connectivity index (χ0n) is 17.8. The second-order valence-corrected chi connectivity index (χ2v) is 9.34. The number of amides is 1. The van der Waals surface area contributed by atoms with Crippen molar-refractivity contribution >= 4 is 28.3 Å². The first-order chi connectivity index (χ1) is 16.0. The van der Waals surface area contributed by atoms with Gasteiger partial charge in [-0.15, -0.1) is 0 Å². The minimum absolute atomic E-state index is 0.0422. The number of carbonyl (C=O) groups is 1. The van der Waals surface area contributed by atoms with E-state index in [1.165, 1.54) is 0 Å². The predicted molar refractivity (Wildman–Crippen MR) is 125 cm³/mol. The lowest BCUT2D eigenvalue weighted by molar-refractivity contribution is -0.120. The van der Waals surface area contributed by atoms with Gasteiger partial charge in [-0.05, 0) is 73.5 Å². The Morgan fingerprint density at radius 1 is 1.00 bits per heavy atom. The molecule has 0 aliphatic heterocycles. The first-order valence-corrected chi connectivity index (χ1v) is 11.6. The summed E-state index contributed by atoms with van der Waals surface area (Å²) in [5.74, 6) is 0.810. The van der Waals surface area contributed by atoms with E-state index in [0.29, 0.717) is 28.0 Å². The van der Waals surface area contributed by atoms with Crippen LogP contribution in [0.1, 0.15) is 19.8 Å². The van der Waals surface area contributed by atoms with Crippen molar-refractivity contribution in [2.75, 3.05) is 10.0 Å². The van der Waals surface area contributed by atoms with Crippen LogP contribution in [0.25, 0.3) is 23.0 Å². The maximum Gasteiger partial charge on any atom is 0.276 e. The van der Waals surface area contributed by atoms with Crippen molar-refractivity contribution in [1.82, 2.24) is 15.1 Å². The molecule has 2 aromatic carbocycles. The molecule has 166 valence electrons. The third-order valence-electron chi connectivity index (χ3n) is 5.54. The Morgan fingerprint density at radius 3 is 2.39 bits per heavy atom.